The molecule has 0 unspecified atom stereocenters. The summed E-state index contributed by atoms with van der Waals surface area (Å²) < 4.78 is 19.8. The van der Waals surface area contributed by atoms with Crippen LogP contribution < -0.4 is 5.09 Å². The SMILES string of the molecule is CCC(=O)NP(=O)(OOC)OOC. The molecule has 0 aliphatic heterocycles. The Morgan fingerprint density at radius 2 is 1.77 bits per heavy atom. The molecular formula is C5H12NO6P. The predicted molar refractivity (Wildman–Crippen MR) is 42.2 cm³/mol. The van der Waals surface area contributed by atoms with Crippen LogP contribution in [0.25, 0.3) is 0 Å². The van der Waals surface area contributed by atoms with E-state index in [1.807, 2.05) is 5.09 Å². The summed E-state index contributed by atoms with van der Waals surface area (Å²) in [5, 5.41) is 1.97. The summed E-state index contributed by atoms with van der Waals surface area (Å²) in [6.45, 7) is 1.58. The summed E-state index contributed by atoms with van der Waals surface area (Å²) in [5.41, 5.74) is 0. The third-order valence-electron chi connectivity index (χ3n) is 0.928. The molecule has 13 heavy (non-hydrogen) atoms. The van der Waals surface area contributed by atoms with Gasteiger partial charge in [0.05, 0.1) is 14.2 Å². The second-order valence-corrected chi connectivity index (χ2v) is 3.39. The highest BCUT2D eigenvalue weighted by molar-refractivity contribution is 7.52. The number of nitrogens with one attached hydrogen (secondary N) is 1. The quantitative estimate of drug-likeness (QED) is 0.398. The normalized spacial score (nSPS) is 11.3. The topological polar surface area (TPSA) is 83.1 Å². The van der Waals surface area contributed by atoms with Gasteiger partial charge < -0.3 is 0 Å². The van der Waals surface area contributed by atoms with Gasteiger partial charge in [-0.1, -0.05) is 6.92 Å². The van der Waals surface area contributed by atoms with Gasteiger partial charge in [-0.2, -0.15) is 0 Å². The van der Waals surface area contributed by atoms with Gasteiger partial charge in [0.15, 0.2) is 0 Å². The minimum Gasteiger partial charge on any atom is -0.275 e. The monoisotopic (exact) mass is 213 g/mol. The molecule has 0 aliphatic carbocycles. The zero-order chi connectivity index (χ0) is 10.3. The molecule has 8 heteroatoms. The molecule has 0 saturated heterocycles. The predicted octanol–water partition coefficient (Wildman–Crippen LogP) is 0.777. The number of carbonyl (C=O) groups is 1. The van der Waals surface area contributed by atoms with Crippen molar-refractivity contribution >= 4 is 13.7 Å². The van der Waals surface area contributed by atoms with E-state index in [4.69, 9.17) is 0 Å². The summed E-state index contributed by atoms with van der Waals surface area (Å²) in [5.74, 6) is -0.502. The van der Waals surface area contributed by atoms with E-state index in [2.05, 4.69) is 19.1 Å². The summed E-state index contributed by atoms with van der Waals surface area (Å²) in [6, 6.07) is 0. The molecule has 0 radical (unpaired) electrons. The second kappa shape index (κ2) is 6.06. The lowest BCUT2D eigenvalue weighted by molar-refractivity contribution is -0.244. The third kappa shape index (κ3) is 4.97. The van der Waals surface area contributed by atoms with Gasteiger partial charge in [-0.05, 0) is 0 Å². The van der Waals surface area contributed by atoms with Gasteiger partial charge in [-0.15, -0.1) is 9.35 Å². The Bertz CT molecular complexity index is 197. The zero-order valence-electron chi connectivity index (χ0n) is 7.60. The lowest BCUT2D eigenvalue weighted by Gasteiger charge is -2.13. The first-order valence-electron chi connectivity index (χ1n) is 3.44. The van der Waals surface area contributed by atoms with Crippen molar-refractivity contribution in [3.05, 3.63) is 0 Å². The summed E-state index contributed by atoms with van der Waals surface area (Å²) in [7, 11) is -1.58. The molecule has 1 amide bonds. The Morgan fingerprint density at radius 3 is 2.08 bits per heavy atom. The van der Waals surface area contributed by atoms with E-state index in [9.17, 15) is 9.36 Å². The highest BCUT2D eigenvalue weighted by atomic mass is 31.2. The van der Waals surface area contributed by atoms with E-state index in [0.717, 1.165) is 14.2 Å². The van der Waals surface area contributed by atoms with Crippen LogP contribution in [0.2, 0.25) is 0 Å². The van der Waals surface area contributed by atoms with Crippen LogP contribution in [0.15, 0.2) is 0 Å². The minimum atomic E-state index is -3.84. The van der Waals surface area contributed by atoms with Crippen molar-refractivity contribution < 1.29 is 28.5 Å². The standard InChI is InChI=1S/C5H12NO6P/c1-4-5(7)6-13(8,11-9-2)12-10-3/h4H2,1-3H3,(H,6,7,8). The van der Waals surface area contributed by atoms with E-state index in [-0.39, 0.29) is 6.42 Å². The molecule has 0 aromatic heterocycles. The smallest absolute Gasteiger partial charge is 0.275 e. The van der Waals surface area contributed by atoms with E-state index < -0.39 is 13.7 Å². The number of carbonyl (C=O) groups excluding carboxylic acids is 1. The number of hydrogen-bond acceptors (Lipinski definition) is 6. The van der Waals surface area contributed by atoms with Crippen molar-refractivity contribution in [2.45, 2.75) is 13.3 Å². The summed E-state index contributed by atoms with van der Waals surface area (Å²) in [6.07, 6.45) is 0.143. The van der Waals surface area contributed by atoms with Crippen LogP contribution in [0.3, 0.4) is 0 Å². The van der Waals surface area contributed by atoms with Gasteiger partial charge in [0.1, 0.15) is 0 Å². The maximum Gasteiger partial charge on any atom is 0.489 e. The van der Waals surface area contributed by atoms with Gasteiger partial charge in [0.2, 0.25) is 5.91 Å². The van der Waals surface area contributed by atoms with E-state index in [0.29, 0.717) is 0 Å². The lowest BCUT2D eigenvalue weighted by Crippen LogP contribution is -2.21. The summed E-state index contributed by atoms with van der Waals surface area (Å²) in [4.78, 5) is 19.1. The van der Waals surface area contributed by atoms with Crippen LogP contribution in [0.4, 0.5) is 0 Å². The first kappa shape index (κ1) is 12.5. The molecule has 1 N–H and O–H groups in total. The summed E-state index contributed by atoms with van der Waals surface area (Å²) >= 11 is 0. The molecule has 0 saturated carbocycles. The molecular weight excluding hydrogens is 201 g/mol. The first-order valence-corrected chi connectivity index (χ1v) is 4.98. The van der Waals surface area contributed by atoms with Crippen molar-refractivity contribution in [2.75, 3.05) is 14.2 Å². The lowest BCUT2D eigenvalue weighted by atomic mass is 10.5. The van der Waals surface area contributed by atoms with Crippen molar-refractivity contribution in [1.82, 2.24) is 5.09 Å². The van der Waals surface area contributed by atoms with E-state index in [1.54, 1.807) is 6.92 Å². The van der Waals surface area contributed by atoms with Gasteiger partial charge >= 0.3 is 7.75 Å². The third-order valence-corrected chi connectivity index (χ3v) is 2.14. The molecule has 0 aromatic carbocycles. The van der Waals surface area contributed by atoms with Crippen molar-refractivity contribution in [3.8, 4) is 0 Å². The molecule has 0 atom stereocenters. The second-order valence-electron chi connectivity index (χ2n) is 1.87. The average molecular weight is 213 g/mol. The van der Waals surface area contributed by atoms with Crippen LogP contribution in [-0.4, -0.2) is 20.1 Å². The minimum absolute atomic E-state index is 0.143. The van der Waals surface area contributed by atoms with Crippen molar-refractivity contribution in [1.29, 1.82) is 0 Å². The molecule has 7 nitrogen and oxygen atoms in total. The van der Waals surface area contributed by atoms with Gasteiger partial charge in [0, 0.05) is 6.42 Å². The average Bonchev–Trinajstić information content (AvgIpc) is 2.04. The molecule has 0 fully saturated rings. The molecule has 0 spiro atoms. The van der Waals surface area contributed by atoms with Gasteiger partial charge in [-0.3, -0.25) is 9.88 Å². The van der Waals surface area contributed by atoms with Crippen LogP contribution in [-0.2, 0) is 28.5 Å². The number of hydrogen-bond donors (Lipinski definition) is 1. The largest absolute Gasteiger partial charge is 0.489 e. The van der Waals surface area contributed by atoms with Crippen LogP contribution in [0.5, 0.6) is 0 Å². The maximum absolute atomic E-state index is 11.4. The van der Waals surface area contributed by atoms with E-state index >= 15 is 0 Å². The number of rotatable bonds is 6. The molecule has 78 valence electrons. The molecule has 0 aliphatic rings. The Hall–Kier alpha value is -0.460. The van der Waals surface area contributed by atoms with Gasteiger partial charge in [0.25, 0.3) is 0 Å². The van der Waals surface area contributed by atoms with Crippen LogP contribution in [0.1, 0.15) is 13.3 Å². The fourth-order valence-corrected chi connectivity index (χ4v) is 1.43. The molecule has 0 aromatic rings. The molecule has 0 rings (SSSR count). The molecule has 0 heterocycles. The highest BCUT2D eigenvalue weighted by Crippen LogP contribution is 2.43. The fraction of sp³-hybridized carbons (Fsp3) is 0.800. The Kier molecular flexibility index (Phi) is 5.85. The van der Waals surface area contributed by atoms with Crippen LogP contribution in [0, 0.1) is 0 Å². The Morgan fingerprint density at radius 1 is 1.31 bits per heavy atom. The Balaban J connectivity index is 4.23. The van der Waals surface area contributed by atoms with Crippen molar-refractivity contribution in [3.63, 3.8) is 0 Å². The molecule has 0 bridgehead atoms. The fourth-order valence-electron chi connectivity index (χ4n) is 0.478. The van der Waals surface area contributed by atoms with Gasteiger partial charge in [-0.25, -0.2) is 14.3 Å². The Labute approximate surface area is 75.7 Å². The van der Waals surface area contributed by atoms with E-state index in [1.165, 1.54) is 0 Å². The first-order chi connectivity index (χ1) is 6.08. The van der Waals surface area contributed by atoms with Crippen molar-refractivity contribution in [2.24, 2.45) is 0 Å². The zero-order valence-corrected chi connectivity index (χ0v) is 8.50. The maximum atomic E-state index is 11.4. The highest BCUT2D eigenvalue weighted by Gasteiger charge is 2.29. The number of amides is 1. The van der Waals surface area contributed by atoms with Crippen LogP contribution >= 0.6 is 7.75 Å².